The highest BCUT2D eigenvalue weighted by Gasteiger charge is 2.24. The number of carbonyl (C=O) groups excluding carboxylic acids is 2. The Morgan fingerprint density at radius 3 is 2.00 bits per heavy atom. The molecule has 0 unspecified atom stereocenters. The topological polar surface area (TPSA) is 84.7 Å². The van der Waals surface area contributed by atoms with Crippen LogP contribution in [-0.4, -0.2) is 53.8 Å². The maximum Gasteiger partial charge on any atom is 0.293 e. The van der Waals surface area contributed by atoms with Crippen molar-refractivity contribution in [3.63, 3.8) is 0 Å². The van der Waals surface area contributed by atoms with Crippen molar-refractivity contribution >= 4 is 34.0 Å². The Kier molecular flexibility index (Phi) is 10.2. The van der Waals surface area contributed by atoms with Crippen LogP contribution < -0.4 is 11.2 Å². The molecule has 0 aromatic carbocycles. The quantitative estimate of drug-likeness (QED) is 0.578. The zero-order valence-corrected chi connectivity index (χ0v) is 16.7. The minimum atomic E-state index is -0.363. The van der Waals surface area contributed by atoms with Crippen LogP contribution in [0, 0.1) is 10.8 Å². The number of amides is 2. The minimum absolute atomic E-state index is 0.0550. The van der Waals surface area contributed by atoms with Crippen LogP contribution >= 0.6 is 23.5 Å². The molecule has 0 aliphatic heterocycles. The summed E-state index contributed by atoms with van der Waals surface area (Å²) in [5.74, 6) is 1.30. The lowest BCUT2D eigenvalue weighted by molar-refractivity contribution is 0.0306. The number of nitrogens with two attached hydrogens (primary N) is 1. The van der Waals surface area contributed by atoms with Crippen molar-refractivity contribution in [1.82, 2.24) is 10.4 Å². The fourth-order valence-electron chi connectivity index (χ4n) is 1.48. The van der Waals surface area contributed by atoms with Gasteiger partial charge in [0.05, 0.1) is 13.2 Å². The van der Waals surface area contributed by atoms with E-state index in [0.29, 0.717) is 24.7 Å². The summed E-state index contributed by atoms with van der Waals surface area (Å²) in [4.78, 5) is 22.6. The second kappa shape index (κ2) is 10.4. The zero-order chi connectivity index (χ0) is 18.1. The number of ether oxygens (including phenoxy) is 1. The monoisotopic (exact) mass is 365 g/mol. The first kappa shape index (κ1) is 22.6. The van der Waals surface area contributed by atoms with Crippen molar-refractivity contribution < 1.29 is 14.3 Å². The van der Waals surface area contributed by atoms with E-state index in [1.54, 1.807) is 5.01 Å². The molecule has 0 atom stereocenters. The van der Waals surface area contributed by atoms with E-state index in [1.807, 2.05) is 27.8 Å². The largest absolute Gasteiger partial charge is 0.380 e. The van der Waals surface area contributed by atoms with E-state index >= 15 is 0 Å². The van der Waals surface area contributed by atoms with Crippen LogP contribution in [0.15, 0.2) is 0 Å². The molecule has 0 aromatic rings. The molecule has 0 aromatic heterocycles. The molecular formula is C15H31N3O3S2. The Morgan fingerprint density at radius 1 is 1.09 bits per heavy atom. The van der Waals surface area contributed by atoms with Gasteiger partial charge in [0.1, 0.15) is 0 Å². The van der Waals surface area contributed by atoms with Crippen molar-refractivity contribution in [3.8, 4) is 0 Å². The summed E-state index contributed by atoms with van der Waals surface area (Å²) in [7, 11) is 1.83. The summed E-state index contributed by atoms with van der Waals surface area (Å²) in [6.07, 6.45) is 0. The molecule has 0 saturated carbocycles. The Morgan fingerprint density at radius 2 is 1.57 bits per heavy atom. The lowest BCUT2D eigenvalue weighted by atomic mass is 9.96. The predicted molar refractivity (Wildman–Crippen MR) is 99.7 cm³/mol. The Bertz CT molecular complexity index is 390. The van der Waals surface area contributed by atoms with Crippen molar-refractivity contribution in [3.05, 3.63) is 0 Å². The first-order valence-corrected chi connectivity index (χ1v) is 9.59. The molecule has 0 radical (unpaired) electrons. The lowest BCUT2D eigenvalue weighted by Crippen LogP contribution is -2.37. The van der Waals surface area contributed by atoms with E-state index in [4.69, 9.17) is 10.5 Å². The van der Waals surface area contributed by atoms with Crippen molar-refractivity contribution in [1.29, 1.82) is 0 Å². The number of carbonyl (C=O) groups is 2. The van der Waals surface area contributed by atoms with E-state index in [9.17, 15) is 9.59 Å². The maximum absolute atomic E-state index is 11.8. The first-order valence-electron chi connectivity index (χ1n) is 7.62. The average molecular weight is 366 g/mol. The van der Waals surface area contributed by atoms with Crippen molar-refractivity contribution in [2.45, 2.75) is 34.6 Å². The van der Waals surface area contributed by atoms with Crippen LogP contribution in [0.1, 0.15) is 34.6 Å². The van der Waals surface area contributed by atoms with Crippen LogP contribution in [-0.2, 0) is 4.74 Å². The fraction of sp³-hybridized carbons (Fsp3) is 0.867. The molecule has 0 aliphatic carbocycles. The van der Waals surface area contributed by atoms with Crippen LogP contribution in [0.3, 0.4) is 0 Å². The van der Waals surface area contributed by atoms with E-state index in [2.05, 4.69) is 19.3 Å². The highest BCUT2D eigenvalue weighted by molar-refractivity contribution is 8.13. The number of hydrogen-bond acceptors (Lipinski definition) is 6. The van der Waals surface area contributed by atoms with Crippen LogP contribution in [0.2, 0.25) is 0 Å². The van der Waals surface area contributed by atoms with Gasteiger partial charge in [0.2, 0.25) is 0 Å². The molecule has 136 valence electrons. The molecule has 0 spiro atoms. The van der Waals surface area contributed by atoms with Crippen LogP contribution in [0.5, 0.6) is 0 Å². The zero-order valence-electron chi connectivity index (χ0n) is 15.1. The Hall–Kier alpha value is -0.440. The van der Waals surface area contributed by atoms with Gasteiger partial charge in [-0.3, -0.25) is 15.0 Å². The minimum Gasteiger partial charge on any atom is -0.380 e. The highest BCUT2D eigenvalue weighted by atomic mass is 32.2. The number of hydrazine groups is 1. The lowest BCUT2D eigenvalue weighted by Gasteiger charge is -2.28. The number of primary amides is 1. The number of thioether (sulfide) groups is 2. The number of nitrogens with zero attached hydrogens (tertiary/aromatic N) is 1. The maximum atomic E-state index is 11.8. The molecule has 3 N–H and O–H groups in total. The second-order valence-electron chi connectivity index (χ2n) is 7.13. The number of nitrogens with one attached hydrogen (secondary N) is 1. The van der Waals surface area contributed by atoms with Gasteiger partial charge in [-0.1, -0.05) is 58.1 Å². The summed E-state index contributed by atoms with van der Waals surface area (Å²) in [6.45, 7) is 12.1. The number of hydrogen-bond donors (Lipinski definition) is 2. The van der Waals surface area contributed by atoms with Gasteiger partial charge < -0.3 is 10.5 Å². The van der Waals surface area contributed by atoms with Crippen molar-refractivity contribution in [2.75, 3.05) is 38.3 Å². The van der Waals surface area contributed by atoms with Gasteiger partial charge in [0, 0.05) is 25.1 Å². The first-order chi connectivity index (χ1) is 10.5. The van der Waals surface area contributed by atoms with E-state index in [1.165, 1.54) is 11.8 Å². The van der Waals surface area contributed by atoms with Gasteiger partial charge >= 0.3 is 0 Å². The molecule has 0 fully saturated rings. The Balaban J connectivity index is 4.08. The highest BCUT2D eigenvalue weighted by Crippen LogP contribution is 2.26. The van der Waals surface area contributed by atoms with E-state index in [-0.39, 0.29) is 21.3 Å². The van der Waals surface area contributed by atoms with E-state index in [0.717, 1.165) is 18.3 Å². The SMILES string of the molecule is CCN(C)NC(=O)SCC(C)(C)COCC(C)(C)CSC(N)=O. The van der Waals surface area contributed by atoms with E-state index < -0.39 is 0 Å². The smallest absolute Gasteiger partial charge is 0.293 e. The molecule has 6 nitrogen and oxygen atoms in total. The molecule has 0 aliphatic rings. The van der Waals surface area contributed by atoms with Gasteiger partial charge in [0.25, 0.3) is 10.5 Å². The average Bonchev–Trinajstić information content (AvgIpc) is 2.42. The predicted octanol–water partition coefficient (Wildman–Crippen LogP) is 3.18. The third kappa shape index (κ3) is 12.6. The third-order valence-corrected chi connectivity index (χ3v) is 5.43. The standard InChI is InChI=1S/C15H31N3O3S2/c1-7-18(6)17-13(20)23-11-15(4,5)9-21-8-14(2,3)10-22-12(16)19/h7-11H2,1-6H3,(H2,16,19)(H,17,20). The third-order valence-electron chi connectivity index (χ3n) is 2.94. The fourth-order valence-corrected chi connectivity index (χ4v) is 2.92. The summed E-state index contributed by atoms with van der Waals surface area (Å²) < 4.78 is 5.81. The number of rotatable bonds is 10. The molecular weight excluding hydrogens is 334 g/mol. The van der Waals surface area contributed by atoms with Gasteiger partial charge in [-0.25, -0.2) is 5.01 Å². The summed E-state index contributed by atoms with van der Waals surface area (Å²) in [5, 5.41) is 1.33. The second-order valence-corrected chi connectivity index (χ2v) is 9.06. The molecule has 23 heavy (non-hydrogen) atoms. The molecule has 8 heteroatoms. The van der Waals surface area contributed by atoms with Crippen LogP contribution in [0.4, 0.5) is 9.59 Å². The summed E-state index contributed by atoms with van der Waals surface area (Å²) in [6, 6.07) is 0. The van der Waals surface area contributed by atoms with Crippen molar-refractivity contribution in [2.24, 2.45) is 16.6 Å². The van der Waals surface area contributed by atoms with Gasteiger partial charge in [-0.05, 0) is 10.8 Å². The Labute approximate surface area is 148 Å². The molecule has 0 heterocycles. The normalized spacial score (nSPS) is 12.5. The molecule has 2 amide bonds. The molecule has 0 bridgehead atoms. The van der Waals surface area contributed by atoms with Gasteiger partial charge in [-0.2, -0.15) is 0 Å². The van der Waals surface area contributed by atoms with Gasteiger partial charge in [-0.15, -0.1) is 0 Å². The summed E-state index contributed by atoms with van der Waals surface area (Å²) >= 11 is 2.38. The van der Waals surface area contributed by atoms with Crippen LogP contribution in [0.25, 0.3) is 0 Å². The van der Waals surface area contributed by atoms with Gasteiger partial charge in [0.15, 0.2) is 0 Å². The summed E-state index contributed by atoms with van der Waals surface area (Å²) in [5.41, 5.74) is 7.70. The molecule has 0 saturated heterocycles. The molecule has 0 rings (SSSR count).